The third-order valence-corrected chi connectivity index (χ3v) is 6.11. The van der Waals surface area contributed by atoms with Gasteiger partial charge in [0.2, 0.25) is 0 Å². The fourth-order valence-electron chi connectivity index (χ4n) is 4.44. The van der Waals surface area contributed by atoms with Crippen molar-refractivity contribution in [3.05, 3.63) is 59.7 Å². The highest BCUT2D eigenvalue weighted by atomic mass is 15.2. The van der Waals surface area contributed by atoms with Gasteiger partial charge in [0.25, 0.3) is 0 Å². The van der Waals surface area contributed by atoms with Gasteiger partial charge in [0.15, 0.2) is 0 Å². The number of hydrogen-bond donors (Lipinski definition) is 0. The standard InChI is InChI=1S/C23H29N/c1-18-6-8-19(9-7-18)10-11-20-12-14-22(15-13-20)24-17-16-21-4-2-3-5-23(21)24/h2-5,12-15,18-19H,6-11,16-17H2,1H3. The molecule has 4 rings (SSSR count). The van der Waals surface area contributed by atoms with Crippen molar-refractivity contribution in [2.75, 3.05) is 11.4 Å². The molecule has 1 saturated carbocycles. The van der Waals surface area contributed by atoms with E-state index in [4.69, 9.17) is 0 Å². The van der Waals surface area contributed by atoms with Gasteiger partial charge in [-0.1, -0.05) is 62.9 Å². The quantitative estimate of drug-likeness (QED) is 0.654. The van der Waals surface area contributed by atoms with Crippen LogP contribution in [0.2, 0.25) is 0 Å². The van der Waals surface area contributed by atoms with Crippen LogP contribution in [0.1, 0.15) is 50.2 Å². The minimum absolute atomic E-state index is 0.962. The van der Waals surface area contributed by atoms with E-state index in [1.807, 2.05) is 0 Å². The summed E-state index contributed by atoms with van der Waals surface area (Å²) in [5.41, 5.74) is 5.72. The molecular formula is C23H29N. The Kier molecular flexibility index (Phi) is 4.60. The predicted molar refractivity (Wildman–Crippen MR) is 103 cm³/mol. The van der Waals surface area contributed by atoms with Gasteiger partial charge in [-0.25, -0.2) is 0 Å². The van der Waals surface area contributed by atoms with Crippen LogP contribution >= 0.6 is 0 Å². The Balaban J connectivity index is 1.37. The van der Waals surface area contributed by atoms with Gasteiger partial charge in [0, 0.05) is 17.9 Å². The molecule has 1 nitrogen and oxygen atoms in total. The Bertz CT molecular complexity index is 665. The van der Waals surface area contributed by atoms with Gasteiger partial charge < -0.3 is 4.90 Å². The maximum absolute atomic E-state index is 2.46. The first kappa shape index (κ1) is 15.7. The molecule has 0 amide bonds. The topological polar surface area (TPSA) is 3.24 Å². The first-order chi connectivity index (χ1) is 11.8. The van der Waals surface area contributed by atoms with E-state index in [0.717, 1.165) is 24.8 Å². The van der Waals surface area contributed by atoms with Crippen LogP contribution in [0.3, 0.4) is 0 Å². The van der Waals surface area contributed by atoms with Gasteiger partial charge in [-0.3, -0.25) is 0 Å². The molecule has 0 aromatic heterocycles. The highest BCUT2D eigenvalue weighted by molar-refractivity contribution is 5.69. The molecule has 0 spiro atoms. The second-order valence-corrected chi connectivity index (χ2v) is 7.86. The van der Waals surface area contributed by atoms with Gasteiger partial charge >= 0.3 is 0 Å². The van der Waals surface area contributed by atoms with Crippen LogP contribution in [0.5, 0.6) is 0 Å². The molecular weight excluding hydrogens is 290 g/mol. The summed E-state index contributed by atoms with van der Waals surface area (Å²) in [5.74, 6) is 1.93. The number of fused-ring (bicyclic) bond motifs is 1. The molecule has 1 fully saturated rings. The molecule has 1 aliphatic heterocycles. The lowest BCUT2D eigenvalue weighted by Gasteiger charge is -2.26. The summed E-state index contributed by atoms with van der Waals surface area (Å²) in [6, 6.07) is 18.1. The molecule has 1 heterocycles. The molecule has 1 heteroatoms. The van der Waals surface area contributed by atoms with E-state index in [-0.39, 0.29) is 0 Å². The van der Waals surface area contributed by atoms with Gasteiger partial charge in [-0.05, 0) is 60.4 Å². The molecule has 2 aromatic carbocycles. The molecule has 126 valence electrons. The van der Waals surface area contributed by atoms with Gasteiger partial charge in [-0.15, -0.1) is 0 Å². The van der Waals surface area contributed by atoms with Crippen molar-refractivity contribution >= 4 is 11.4 Å². The van der Waals surface area contributed by atoms with Crippen LogP contribution in [0.15, 0.2) is 48.5 Å². The number of para-hydroxylation sites is 1. The number of rotatable bonds is 4. The van der Waals surface area contributed by atoms with Crippen molar-refractivity contribution in [1.82, 2.24) is 0 Å². The van der Waals surface area contributed by atoms with E-state index < -0.39 is 0 Å². The Morgan fingerprint density at radius 1 is 0.917 bits per heavy atom. The molecule has 0 N–H and O–H groups in total. The summed E-state index contributed by atoms with van der Waals surface area (Å²) in [5, 5.41) is 0. The highest BCUT2D eigenvalue weighted by Gasteiger charge is 2.20. The lowest BCUT2D eigenvalue weighted by Crippen LogP contribution is -2.13. The summed E-state index contributed by atoms with van der Waals surface area (Å²) in [6.45, 7) is 3.52. The first-order valence-corrected chi connectivity index (χ1v) is 9.74. The maximum atomic E-state index is 2.46. The van der Waals surface area contributed by atoms with Crippen LogP contribution in [-0.4, -0.2) is 6.54 Å². The van der Waals surface area contributed by atoms with E-state index in [9.17, 15) is 0 Å². The molecule has 0 bridgehead atoms. The number of aryl methyl sites for hydroxylation is 1. The monoisotopic (exact) mass is 319 g/mol. The largest absolute Gasteiger partial charge is 0.341 e. The molecule has 0 atom stereocenters. The van der Waals surface area contributed by atoms with E-state index >= 15 is 0 Å². The van der Waals surface area contributed by atoms with Crippen molar-refractivity contribution in [2.24, 2.45) is 11.8 Å². The molecule has 2 aliphatic rings. The normalized spacial score (nSPS) is 23.3. The van der Waals surface area contributed by atoms with Gasteiger partial charge in [-0.2, -0.15) is 0 Å². The minimum Gasteiger partial charge on any atom is -0.341 e. The van der Waals surface area contributed by atoms with E-state index in [1.54, 1.807) is 0 Å². The Morgan fingerprint density at radius 2 is 1.67 bits per heavy atom. The Labute approximate surface area is 146 Å². The van der Waals surface area contributed by atoms with E-state index in [0.29, 0.717) is 0 Å². The second-order valence-electron chi connectivity index (χ2n) is 7.86. The number of anilines is 2. The molecule has 0 unspecified atom stereocenters. The van der Waals surface area contributed by atoms with Crippen LogP contribution in [0.4, 0.5) is 11.4 Å². The van der Waals surface area contributed by atoms with Crippen LogP contribution < -0.4 is 4.90 Å². The lowest BCUT2D eigenvalue weighted by molar-refractivity contribution is 0.278. The third kappa shape index (κ3) is 3.36. The Morgan fingerprint density at radius 3 is 2.46 bits per heavy atom. The van der Waals surface area contributed by atoms with Crippen LogP contribution in [0.25, 0.3) is 0 Å². The summed E-state index contributed by atoms with van der Waals surface area (Å²) >= 11 is 0. The van der Waals surface area contributed by atoms with Crippen LogP contribution in [-0.2, 0) is 12.8 Å². The molecule has 2 aromatic rings. The molecule has 1 aliphatic carbocycles. The number of hydrogen-bond acceptors (Lipinski definition) is 1. The molecule has 0 saturated heterocycles. The Hall–Kier alpha value is -1.76. The summed E-state index contributed by atoms with van der Waals surface area (Å²) in [7, 11) is 0. The average Bonchev–Trinajstić information content (AvgIpc) is 3.06. The summed E-state index contributed by atoms with van der Waals surface area (Å²) in [6.07, 6.45) is 9.57. The molecule has 24 heavy (non-hydrogen) atoms. The van der Waals surface area contributed by atoms with Gasteiger partial charge in [0.1, 0.15) is 0 Å². The predicted octanol–water partition coefficient (Wildman–Crippen LogP) is 6.14. The van der Waals surface area contributed by atoms with Gasteiger partial charge in [0.05, 0.1) is 0 Å². The highest BCUT2D eigenvalue weighted by Crippen LogP contribution is 2.35. The zero-order valence-corrected chi connectivity index (χ0v) is 14.9. The first-order valence-electron chi connectivity index (χ1n) is 9.74. The third-order valence-electron chi connectivity index (χ3n) is 6.11. The summed E-state index contributed by atoms with van der Waals surface area (Å²) in [4.78, 5) is 2.46. The average molecular weight is 319 g/mol. The second kappa shape index (κ2) is 7.01. The zero-order chi connectivity index (χ0) is 16.4. The number of nitrogens with zero attached hydrogens (tertiary/aromatic N) is 1. The minimum atomic E-state index is 0.962. The van der Waals surface area contributed by atoms with Crippen LogP contribution in [0, 0.1) is 11.8 Å². The SMILES string of the molecule is CC1CCC(CCc2ccc(N3CCc4ccccc43)cc2)CC1. The lowest BCUT2D eigenvalue weighted by atomic mass is 9.80. The number of benzene rings is 2. The zero-order valence-electron chi connectivity index (χ0n) is 14.9. The fraction of sp³-hybridized carbons (Fsp3) is 0.478. The smallest absolute Gasteiger partial charge is 0.0444 e. The maximum Gasteiger partial charge on any atom is 0.0444 e. The van der Waals surface area contributed by atoms with Crippen molar-refractivity contribution in [3.63, 3.8) is 0 Å². The van der Waals surface area contributed by atoms with Crippen molar-refractivity contribution in [2.45, 2.75) is 51.9 Å². The van der Waals surface area contributed by atoms with Crippen molar-refractivity contribution in [3.8, 4) is 0 Å². The summed E-state index contributed by atoms with van der Waals surface area (Å²) < 4.78 is 0. The fourth-order valence-corrected chi connectivity index (χ4v) is 4.44. The van der Waals surface area contributed by atoms with Crippen molar-refractivity contribution in [1.29, 1.82) is 0 Å². The van der Waals surface area contributed by atoms with Crippen molar-refractivity contribution < 1.29 is 0 Å². The van der Waals surface area contributed by atoms with E-state index in [2.05, 4.69) is 60.4 Å². The molecule has 0 radical (unpaired) electrons. The van der Waals surface area contributed by atoms with E-state index in [1.165, 1.54) is 61.0 Å².